The van der Waals surface area contributed by atoms with Crippen LogP contribution in [0.5, 0.6) is 0 Å². The molecule has 5 rings (SSSR count). The summed E-state index contributed by atoms with van der Waals surface area (Å²) >= 11 is 1.78. The number of piperazine rings is 1. The van der Waals surface area contributed by atoms with Crippen LogP contribution in [0.4, 0.5) is 11.8 Å². The van der Waals surface area contributed by atoms with Gasteiger partial charge in [-0.15, -0.1) is 11.3 Å². The number of anilines is 2. The first-order valence-electron chi connectivity index (χ1n) is 12.2. The molecule has 12 heteroatoms. The Labute approximate surface area is 214 Å². The van der Waals surface area contributed by atoms with Crippen molar-refractivity contribution in [1.29, 1.82) is 0 Å². The monoisotopic (exact) mass is 511 g/mol. The molecule has 36 heavy (non-hydrogen) atoms. The van der Waals surface area contributed by atoms with Gasteiger partial charge in [0.2, 0.25) is 5.95 Å². The zero-order valence-corrected chi connectivity index (χ0v) is 21.9. The van der Waals surface area contributed by atoms with Crippen molar-refractivity contribution in [3.63, 3.8) is 0 Å². The standard InChI is InChI=1S/C24H33N9O2S/c1-16-18(14-31-4-6-32(7-5-31)19(15-34)30(2)3)36-21-20(16)28-22(17-12-26-24(25)27-13-17)29-23(21)33-8-10-35-11-9-33/h12-13,15,19H,4-11,14H2,1-3H3,(H2,25,26,27). The molecular weight excluding hydrogens is 478 g/mol. The van der Waals surface area contributed by atoms with E-state index < -0.39 is 0 Å². The van der Waals surface area contributed by atoms with Gasteiger partial charge in [-0.05, 0) is 26.6 Å². The van der Waals surface area contributed by atoms with Gasteiger partial charge in [-0.1, -0.05) is 0 Å². The lowest BCUT2D eigenvalue weighted by Crippen LogP contribution is -2.54. The van der Waals surface area contributed by atoms with Crippen LogP contribution in [-0.2, 0) is 16.1 Å². The molecule has 2 aliphatic heterocycles. The number of aromatic nitrogens is 4. The Morgan fingerprint density at radius 1 is 1.11 bits per heavy atom. The predicted molar refractivity (Wildman–Crippen MR) is 141 cm³/mol. The largest absolute Gasteiger partial charge is 0.378 e. The highest BCUT2D eigenvalue weighted by Crippen LogP contribution is 2.38. The van der Waals surface area contributed by atoms with Crippen molar-refractivity contribution in [3.8, 4) is 11.4 Å². The average Bonchev–Trinajstić information content (AvgIpc) is 3.20. The molecule has 0 aromatic carbocycles. The fourth-order valence-corrected chi connectivity index (χ4v) is 6.07. The molecule has 3 aromatic heterocycles. The van der Waals surface area contributed by atoms with Gasteiger partial charge in [-0.3, -0.25) is 14.7 Å². The summed E-state index contributed by atoms with van der Waals surface area (Å²) in [4.78, 5) is 40.0. The summed E-state index contributed by atoms with van der Waals surface area (Å²) in [5.41, 5.74) is 8.60. The van der Waals surface area contributed by atoms with E-state index in [1.165, 1.54) is 10.4 Å². The third-order valence-electron chi connectivity index (χ3n) is 6.89. The molecule has 1 unspecified atom stereocenters. The number of fused-ring (bicyclic) bond motifs is 1. The van der Waals surface area contributed by atoms with Gasteiger partial charge >= 0.3 is 0 Å². The molecule has 1 atom stereocenters. The summed E-state index contributed by atoms with van der Waals surface area (Å²) in [7, 11) is 3.90. The molecule has 2 fully saturated rings. The second kappa shape index (κ2) is 10.7. The molecule has 3 aromatic rings. The normalized spacial score (nSPS) is 18.7. The van der Waals surface area contributed by atoms with Crippen LogP contribution in [-0.4, -0.2) is 114 Å². The van der Waals surface area contributed by atoms with Crippen LogP contribution in [0.25, 0.3) is 21.6 Å². The van der Waals surface area contributed by atoms with Crippen LogP contribution in [0.3, 0.4) is 0 Å². The van der Waals surface area contributed by atoms with Gasteiger partial charge in [0.05, 0.1) is 29.0 Å². The maximum atomic E-state index is 11.5. The number of hydrogen-bond donors (Lipinski definition) is 1. The van der Waals surface area contributed by atoms with Gasteiger partial charge in [0, 0.05) is 63.1 Å². The highest BCUT2D eigenvalue weighted by Gasteiger charge is 2.27. The third-order valence-corrected chi connectivity index (χ3v) is 8.15. The molecular formula is C24H33N9O2S. The fourth-order valence-electron chi connectivity index (χ4n) is 4.76. The minimum atomic E-state index is -0.166. The van der Waals surface area contributed by atoms with E-state index in [4.69, 9.17) is 20.4 Å². The van der Waals surface area contributed by atoms with Crippen LogP contribution in [0.2, 0.25) is 0 Å². The molecule has 0 bridgehead atoms. The highest BCUT2D eigenvalue weighted by atomic mass is 32.1. The molecule has 0 saturated carbocycles. The summed E-state index contributed by atoms with van der Waals surface area (Å²) in [6.45, 7) is 9.53. The van der Waals surface area contributed by atoms with E-state index in [-0.39, 0.29) is 12.1 Å². The van der Waals surface area contributed by atoms with Crippen molar-refractivity contribution in [3.05, 3.63) is 22.8 Å². The van der Waals surface area contributed by atoms with Crippen molar-refractivity contribution >= 4 is 39.6 Å². The van der Waals surface area contributed by atoms with Gasteiger partial charge in [-0.25, -0.2) is 19.9 Å². The Bertz CT molecular complexity index is 1200. The Kier molecular flexibility index (Phi) is 7.39. The first kappa shape index (κ1) is 24.9. The number of likely N-dealkylation sites (N-methyl/N-ethyl adjacent to an activating group) is 1. The van der Waals surface area contributed by atoms with Crippen molar-refractivity contribution in [2.24, 2.45) is 0 Å². The average molecular weight is 512 g/mol. The van der Waals surface area contributed by atoms with E-state index in [9.17, 15) is 4.79 Å². The van der Waals surface area contributed by atoms with E-state index in [2.05, 4.69) is 31.6 Å². The van der Waals surface area contributed by atoms with Gasteiger partial charge in [0.15, 0.2) is 17.9 Å². The van der Waals surface area contributed by atoms with Crippen molar-refractivity contribution in [1.82, 2.24) is 34.6 Å². The smallest absolute Gasteiger partial charge is 0.219 e. The van der Waals surface area contributed by atoms with E-state index in [1.807, 2.05) is 19.0 Å². The summed E-state index contributed by atoms with van der Waals surface area (Å²) < 4.78 is 6.70. The Morgan fingerprint density at radius 2 is 1.81 bits per heavy atom. The first-order valence-corrected chi connectivity index (χ1v) is 13.0. The van der Waals surface area contributed by atoms with Crippen molar-refractivity contribution in [2.75, 3.05) is 77.2 Å². The number of nitrogens with two attached hydrogens (primary N) is 1. The molecule has 2 N–H and O–H groups in total. The number of ether oxygens (including phenoxy) is 1. The summed E-state index contributed by atoms with van der Waals surface area (Å²) in [6, 6.07) is 0. The number of thiophene rings is 1. The minimum absolute atomic E-state index is 0.166. The van der Waals surface area contributed by atoms with E-state index in [0.29, 0.717) is 19.0 Å². The number of morpholine rings is 1. The molecule has 0 amide bonds. The maximum Gasteiger partial charge on any atom is 0.219 e. The third kappa shape index (κ3) is 5.04. The molecule has 0 aliphatic carbocycles. The molecule has 0 radical (unpaired) electrons. The van der Waals surface area contributed by atoms with Crippen LogP contribution in [0.1, 0.15) is 10.4 Å². The number of nitrogen functional groups attached to an aromatic ring is 1. The Balaban J connectivity index is 1.44. The zero-order valence-electron chi connectivity index (χ0n) is 21.1. The zero-order chi connectivity index (χ0) is 25.2. The van der Waals surface area contributed by atoms with Crippen LogP contribution < -0.4 is 10.6 Å². The lowest BCUT2D eigenvalue weighted by molar-refractivity contribution is -0.118. The second-order valence-corrected chi connectivity index (χ2v) is 10.6. The first-order chi connectivity index (χ1) is 17.4. The topological polar surface area (TPSA) is 117 Å². The van der Waals surface area contributed by atoms with Crippen molar-refractivity contribution in [2.45, 2.75) is 19.6 Å². The van der Waals surface area contributed by atoms with Gasteiger partial charge in [-0.2, -0.15) is 0 Å². The molecule has 0 spiro atoms. The van der Waals surface area contributed by atoms with Crippen LogP contribution >= 0.6 is 11.3 Å². The van der Waals surface area contributed by atoms with E-state index in [0.717, 1.165) is 73.7 Å². The quantitative estimate of drug-likeness (QED) is 0.459. The summed E-state index contributed by atoms with van der Waals surface area (Å²) in [6.07, 6.45) is 4.21. The molecule has 2 saturated heterocycles. The molecule has 11 nitrogen and oxygen atoms in total. The van der Waals surface area contributed by atoms with Crippen molar-refractivity contribution < 1.29 is 9.53 Å². The second-order valence-electron chi connectivity index (χ2n) is 9.45. The van der Waals surface area contributed by atoms with Gasteiger partial charge in [0.1, 0.15) is 6.17 Å². The fraction of sp³-hybridized carbons (Fsp3) is 0.542. The van der Waals surface area contributed by atoms with Gasteiger partial charge in [0.25, 0.3) is 0 Å². The molecule has 2 aliphatic rings. The predicted octanol–water partition coefficient (Wildman–Crippen LogP) is 1.08. The van der Waals surface area contributed by atoms with Gasteiger partial charge < -0.3 is 20.2 Å². The lowest BCUT2D eigenvalue weighted by Gasteiger charge is -2.39. The SMILES string of the molecule is Cc1c(CN2CCN(C(C=O)N(C)C)CC2)sc2c(N3CCOCC3)nc(-c3cnc(N)nc3)nc12. The Hall–Kier alpha value is -2.77. The van der Waals surface area contributed by atoms with E-state index in [1.54, 1.807) is 23.7 Å². The highest BCUT2D eigenvalue weighted by molar-refractivity contribution is 7.19. The lowest BCUT2D eigenvalue weighted by atomic mass is 10.2. The number of rotatable bonds is 7. The Morgan fingerprint density at radius 3 is 2.44 bits per heavy atom. The number of carbonyl (C=O) groups is 1. The maximum absolute atomic E-state index is 11.5. The summed E-state index contributed by atoms with van der Waals surface area (Å²) in [5, 5.41) is 0. The van der Waals surface area contributed by atoms with Crippen LogP contribution in [0, 0.1) is 6.92 Å². The number of hydrogen-bond acceptors (Lipinski definition) is 12. The minimum Gasteiger partial charge on any atom is -0.378 e. The van der Waals surface area contributed by atoms with Crippen LogP contribution in [0.15, 0.2) is 12.4 Å². The number of aryl methyl sites for hydroxylation is 1. The number of aldehydes is 1. The van der Waals surface area contributed by atoms with E-state index >= 15 is 0 Å². The molecule has 5 heterocycles. The number of carbonyl (C=O) groups excluding carboxylic acids is 1. The number of nitrogens with zero attached hydrogens (tertiary/aromatic N) is 8. The molecule has 192 valence electrons. The summed E-state index contributed by atoms with van der Waals surface area (Å²) in [5.74, 6) is 1.78.